The highest BCUT2D eigenvalue weighted by Gasteiger charge is 1.99. The molecule has 0 aliphatic rings. The van der Waals surface area contributed by atoms with Gasteiger partial charge in [-0.2, -0.15) is 4.98 Å². The van der Waals surface area contributed by atoms with E-state index in [1.807, 2.05) is 31.1 Å². The van der Waals surface area contributed by atoms with Crippen molar-refractivity contribution >= 4 is 42.8 Å². The van der Waals surface area contributed by atoms with E-state index in [4.69, 9.17) is 0 Å². The summed E-state index contributed by atoms with van der Waals surface area (Å²) in [7, 11) is 7.22. The summed E-state index contributed by atoms with van der Waals surface area (Å²) in [6.45, 7) is 0.662. The summed E-state index contributed by atoms with van der Waals surface area (Å²) in [6.07, 6.45) is 3.56. The predicted octanol–water partition coefficient (Wildman–Crippen LogP) is 2.34. The van der Waals surface area contributed by atoms with Gasteiger partial charge in [0.1, 0.15) is 0 Å². The fraction of sp³-hybridized carbons (Fsp3) is 0.300. The summed E-state index contributed by atoms with van der Waals surface area (Å²) in [5.74, 6) is 0. The molecule has 7 heteroatoms. The minimum atomic E-state index is 0. The fourth-order valence-electron chi connectivity index (χ4n) is 1.08. The number of hydrogen-bond donors (Lipinski definition) is 0. The van der Waals surface area contributed by atoms with Crippen LogP contribution in [0.2, 0.25) is 0 Å². The first-order chi connectivity index (χ1) is 7.75. The number of anilines is 1. The van der Waals surface area contributed by atoms with Gasteiger partial charge in [0.05, 0.1) is 6.54 Å². The standard InChI is InChI=1S/C10H12N4S2.BrH/c1-14(2)10-13-9(15-16-10)12-7-8-3-5-11-6-4-8;/h3-6H,7H2,1-2H3;1H. The second-order valence-corrected chi connectivity index (χ2v) is 5.47. The van der Waals surface area contributed by atoms with Crippen molar-refractivity contribution in [3.05, 3.63) is 34.9 Å². The van der Waals surface area contributed by atoms with E-state index in [2.05, 4.69) is 15.0 Å². The van der Waals surface area contributed by atoms with E-state index < -0.39 is 0 Å². The minimum absolute atomic E-state index is 0. The summed E-state index contributed by atoms with van der Waals surface area (Å²) in [5, 5.41) is 0.999. The van der Waals surface area contributed by atoms with Gasteiger partial charge in [0.2, 0.25) is 4.80 Å². The van der Waals surface area contributed by atoms with Crippen LogP contribution in [0.15, 0.2) is 29.5 Å². The van der Waals surface area contributed by atoms with Crippen LogP contribution in [0.5, 0.6) is 0 Å². The molecule has 0 amide bonds. The molecule has 0 N–H and O–H groups in total. The van der Waals surface area contributed by atoms with E-state index in [1.165, 1.54) is 0 Å². The molecule has 2 aromatic heterocycles. The maximum absolute atomic E-state index is 4.44. The monoisotopic (exact) mass is 332 g/mol. The van der Waals surface area contributed by atoms with E-state index >= 15 is 0 Å². The van der Waals surface area contributed by atoms with Crippen LogP contribution >= 0.6 is 37.7 Å². The van der Waals surface area contributed by atoms with Gasteiger partial charge in [0, 0.05) is 26.5 Å². The molecule has 0 atom stereocenters. The molecule has 0 radical (unpaired) electrons. The number of hydrogen-bond acceptors (Lipinski definition) is 6. The van der Waals surface area contributed by atoms with Crippen molar-refractivity contribution in [2.75, 3.05) is 19.0 Å². The molecule has 0 bridgehead atoms. The van der Waals surface area contributed by atoms with Crippen molar-refractivity contribution in [3.63, 3.8) is 0 Å². The SMILES string of the molecule is Br.CN(C)c1nc(=NCc2ccncc2)ss1. The fourth-order valence-corrected chi connectivity index (χ4v) is 3.07. The molecule has 0 aromatic carbocycles. The molecule has 2 rings (SSSR count). The van der Waals surface area contributed by atoms with Gasteiger partial charge in [-0.15, -0.1) is 17.0 Å². The van der Waals surface area contributed by atoms with Crippen molar-refractivity contribution in [1.82, 2.24) is 9.97 Å². The van der Waals surface area contributed by atoms with Gasteiger partial charge in [-0.1, -0.05) is 0 Å². The number of rotatable bonds is 3. The van der Waals surface area contributed by atoms with Crippen LogP contribution in [0.3, 0.4) is 0 Å². The number of pyridine rings is 1. The Labute approximate surface area is 118 Å². The first-order valence-electron chi connectivity index (χ1n) is 4.79. The summed E-state index contributed by atoms with van der Waals surface area (Å²) >= 11 is 0. The van der Waals surface area contributed by atoms with E-state index in [1.54, 1.807) is 33.1 Å². The third kappa shape index (κ3) is 4.18. The molecule has 4 nitrogen and oxygen atoms in total. The first kappa shape index (κ1) is 14.3. The highest BCUT2D eigenvalue weighted by molar-refractivity contribution is 8.93. The van der Waals surface area contributed by atoms with Gasteiger partial charge < -0.3 is 4.90 Å². The molecular formula is C10H13BrN4S2. The molecule has 0 aliphatic carbocycles. The lowest BCUT2D eigenvalue weighted by Crippen LogP contribution is -2.10. The van der Waals surface area contributed by atoms with Crippen molar-refractivity contribution in [2.45, 2.75) is 6.54 Å². The Morgan fingerprint density at radius 1 is 1.24 bits per heavy atom. The molecule has 0 aliphatic heterocycles. The Morgan fingerprint density at radius 2 is 1.94 bits per heavy atom. The highest BCUT2D eigenvalue weighted by Crippen LogP contribution is 2.15. The maximum Gasteiger partial charge on any atom is 0.217 e. The maximum atomic E-state index is 4.44. The zero-order valence-electron chi connectivity index (χ0n) is 9.53. The summed E-state index contributed by atoms with van der Waals surface area (Å²) < 4.78 is 0. The molecular weight excluding hydrogens is 320 g/mol. The van der Waals surface area contributed by atoms with Crippen LogP contribution in [0.4, 0.5) is 5.13 Å². The normalized spacial score (nSPS) is 11.1. The minimum Gasteiger partial charge on any atom is -0.353 e. The van der Waals surface area contributed by atoms with Gasteiger partial charge >= 0.3 is 0 Å². The van der Waals surface area contributed by atoms with Crippen LogP contribution in [-0.4, -0.2) is 24.1 Å². The Balaban J connectivity index is 0.00000144. The van der Waals surface area contributed by atoms with Crippen LogP contribution in [-0.2, 0) is 6.54 Å². The van der Waals surface area contributed by atoms with Crippen molar-refractivity contribution < 1.29 is 0 Å². The van der Waals surface area contributed by atoms with Crippen LogP contribution in [0.1, 0.15) is 5.56 Å². The first-order valence-corrected chi connectivity index (χ1v) is 6.94. The summed E-state index contributed by atoms with van der Waals surface area (Å²) in [4.78, 5) is 15.6. The Morgan fingerprint density at radius 3 is 2.53 bits per heavy atom. The van der Waals surface area contributed by atoms with Gasteiger partial charge in [-0.3, -0.25) is 9.98 Å². The smallest absolute Gasteiger partial charge is 0.217 e. The largest absolute Gasteiger partial charge is 0.353 e. The number of nitrogens with zero attached hydrogens (tertiary/aromatic N) is 4. The lowest BCUT2D eigenvalue weighted by molar-refractivity contribution is 0.978. The molecule has 0 spiro atoms. The Bertz CT molecular complexity index is 506. The van der Waals surface area contributed by atoms with Crippen molar-refractivity contribution in [1.29, 1.82) is 0 Å². The third-order valence-corrected chi connectivity index (χ3v) is 4.11. The van der Waals surface area contributed by atoms with Crippen LogP contribution in [0.25, 0.3) is 0 Å². The van der Waals surface area contributed by atoms with Gasteiger partial charge in [0.15, 0.2) is 5.13 Å². The molecule has 0 saturated heterocycles. The van der Waals surface area contributed by atoms with Gasteiger partial charge in [-0.25, -0.2) is 0 Å². The molecule has 17 heavy (non-hydrogen) atoms. The second-order valence-electron chi connectivity index (χ2n) is 3.41. The Kier molecular flexibility index (Phi) is 5.73. The highest BCUT2D eigenvalue weighted by atomic mass is 79.9. The van der Waals surface area contributed by atoms with Crippen molar-refractivity contribution in [3.8, 4) is 0 Å². The summed E-state index contributed by atoms with van der Waals surface area (Å²) in [5.41, 5.74) is 1.15. The second kappa shape index (κ2) is 6.83. The average molecular weight is 333 g/mol. The zero-order valence-corrected chi connectivity index (χ0v) is 12.9. The van der Waals surface area contributed by atoms with E-state index in [-0.39, 0.29) is 17.0 Å². The average Bonchev–Trinajstić information content (AvgIpc) is 2.76. The molecule has 0 unspecified atom stereocenters. The van der Waals surface area contributed by atoms with Gasteiger partial charge in [0.25, 0.3) is 0 Å². The van der Waals surface area contributed by atoms with Crippen molar-refractivity contribution in [2.24, 2.45) is 4.99 Å². The number of halogens is 1. The predicted molar refractivity (Wildman–Crippen MR) is 78.1 cm³/mol. The quantitative estimate of drug-likeness (QED) is 0.810. The van der Waals surface area contributed by atoms with E-state index in [0.717, 1.165) is 15.5 Å². The molecule has 92 valence electrons. The molecule has 0 saturated carbocycles. The Hall–Kier alpha value is -0.790. The lowest BCUT2D eigenvalue weighted by Gasteiger charge is -2.03. The van der Waals surface area contributed by atoms with Crippen LogP contribution in [0, 0.1) is 0 Å². The molecule has 0 fully saturated rings. The number of aromatic nitrogens is 2. The van der Waals surface area contributed by atoms with Gasteiger partial charge in [-0.05, 0) is 38.4 Å². The zero-order chi connectivity index (χ0) is 11.4. The van der Waals surface area contributed by atoms with Crippen LogP contribution < -0.4 is 9.70 Å². The van der Waals surface area contributed by atoms with E-state index in [9.17, 15) is 0 Å². The van der Waals surface area contributed by atoms with E-state index in [0.29, 0.717) is 6.54 Å². The topological polar surface area (TPSA) is 41.4 Å². The lowest BCUT2D eigenvalue weighted by atomic mass is 10.3. The summed E-state index contributed by atoms with van der Waals surface area (Å²) in [6, 6.07) is 3.93. The molecule has 2 aromatic rings. The third-order valence-electron chi connectivity index (χ3n) is 1.91. The molecule has 2 heterocycles.